The minimum absolute atomic E-state index is 0.0111. The molecule has 0 aromatic heterocycles. The van der Waals surface area contributed by atoms with Crippen molar-refractivity contribution in [1.29, 1.82) is 0 Å². The first-order valence-corrected chi connectivity index (χ1v) is 9.83. The summed E-state index contributed by atoms with van der Waals surface area (Å²) in [5, 5.41) is 5.05. The second-order valence-corrected chi connectivity index (χ2v) is 7.86. The maximum atomic E-state index is 13.8. The van der Waals surface area contributed by atoms with E-state index in [9.17, 15) is 31.9 Å². The maximum Gasteiger partial charge on any atom is 0.237 e. The molecule has 31 heavy (non-hydrogen) atoms. The molecule has 3 atom stereocenters. The van der Waals surface area contributed by atoms with Crippen LogP contribution in [0.15, 0.2) is 6.07 Å². The van der Waals surface area contributed by atoms with E-state index in [0.717, 1.165) is 0 Å². The fourth-order valence-electron chi connectivity index (χ4n) is 3.24. The highest BCUT2D eigenvalue weighted by atomic mass is 19.2. The summed E-state index contributed by atoms with van der Waals surface area (Å²) >= 11 is 0. The Balaban J connectivity index is 2.14. The number of halogens is 4. The smallest absolute Gasteiger partial charge is 0.237 e. The molecule has 7 nitrogen and oxygen atoms in total. The second kappa shape index (κ2) is 10.6. The number of carbonyl (C=O) groups excluding carboxylic acids is 3. The molecule has 1 saturated heterocycles. The Hall–Kier alpha value is -2.69. The van der Waals surface area contributed by atoms with Crippen LogP contribution < -0.4 is 21.1 Å². The Kier molecular flexibility index (Phi) is 8.37. The molecule has 1 heterocycles. The lowest BCUT2D eigenvalue weighted by Gasteiger charge is -2.23. The molecule has 0 spiro atoms. The van der Waals surface area contributed by atoms with Crippen molar-refractivity contribution in [2.24, 2.45) is 17.6 Å². The topological polar surface area (TPSA) is 111 Å². The van der Waals surface area contributed by atoms with Gasteiger partial charge >= 0.3 is 0 Å². The number of rotatable bonds is 10. The van der Waals surface area contributed by atoms with Gasteiger partial charge in [0.1, 0.15) is 6.61 Å². The van der Waals surface area contributed by atoms with Crippen LogP contribution in [0.3, 0.4) is 0 Å². The predicted molar refractivity (Wildman–Crippen MR) is 102 cm³/mol. The van der Waals surface area contributed by atoms with E-state index in [0.29, 0.717) is 19.4 Å². The first-order valence-electron chi connectivity index (χ1n) is 9.83. The number of carbonyl (C=O) groups is 3. The van der Waals surface area contributed by atoms with Gasteiger partial charge < -0.3 is 21.1 Å². The van der Waals surface area contributed by atoms with Crippen molar-refractivity contribution in [1.82, 2.24) is 10.6 Å². The number of hydrogen-bond donors (Lipinski definition) is 3. The van der Waals surface area contributed by atoms with E-state index in [-0.39, 0.29) is 24.3 Å². The number of ether oxygens (including phenoxy) is 1. The molecule has 1 aliphatic heterocycles. The molecular formula is C20H25F4N3O4. The average molecular weight is 447 g/mol. The zero-order valence-corrected chi connectivity index (χ0v) is 17.1. The molecule has 0 unspecified atom stereocenters. The van der Waals surface area contributed by atoms with Gasteiger partial charge in [-0.3, -0.25) is 14.4 Å². The summed E-state index contributed by atoms with van der Waals surface area (Å²) in [6.07, 6.45) is 0.679. The van der Waals surface area contributed by atoms with Crippen LogP contribution in [0.5, 0.6) is 5.75 Å². The quantitative estimate of drug-likeness (QED) is 0.373. The van der Waals surface area contributed by atoms with Gasteiger partial charge in [0.25, 0.3) is 0 Å². The van der Waals surface area contributed by atoms with Crippen LogP contribution in [0, 0.1) is 35.1 Å². The van der Waals surface area contributed by atoms with E-state index < -0.39 is 65.3 Å². The molecule has 0 radical (unpaired) electrons. The number of benzene rings is 1. The van der Waals surface area contributed by atoms with Crippen molar-refractivity contribution in [2.45, 2.75) is 45.2 Å². The fourth-order valence-corrected chi connectivity index (χ4v) is 3.24. The summed E-state index contributed by atoms with van der Waals surface area (Å²) in [6.45, 7) is 3.12. The molecule has 0 bridgehead atoms. The van der Waals surface area contributed by atoms with Gasteiger partial charge in [-0.25, -0.2) is 8.78 Å². The number of nitrogens with one attached hydrogen (secondary N) is 2. The summed E-state index contributed by atoms with van der Waals surface area (Å²) < 4.78 is 58.9. The van der Waals surface area contributed by atoms with Gasteiger partial charge in [0.15, 0.2) is 23.2 Å². The molecule has 1 aromatic rings. The number of ketones is 1. The normalized spacial score (nSPS) is 17.9. The minimum atomic E-state index is -1.79. The van der Waals surface area contributed by atoms with Crippen LogP contribution in [0.25, 0.3) is 0 Å². The predicted octanol–water partition coefficient (Wildman–Crippen LogP) is 1.58. The lowest BCUT2D eigenvalue weighted by Crippen LogP contribution is -2.50. The molecule has 11 heteroatoms. The van der Waals surface area contributed by atoms with Crippen molar-refractivity contribution >= 4 is 17.6 Å². The van der Waals surface area contributed by atoms with Gasteiger partial charge in [-0.2, -0.15) is 8.78 Å². The molecule has 2 amide bonds. The van der Waals surface area contributed by atoms with E-state index >= 15 is 0 Å². The second-order valence-electron chi connectivity index (χ2n) is 7.86. The zero-order valence-electron chi connectivity index (χ0n) is 17.1. The summed E-state index contributed by atoms with van der Waals surface area (Å²) in [7, 11) is 0. The first-order chi connectivity index (χ1) is 14.5. The lowest BCUT2D eigenvalue weighted by atomic mass is 9.95. The molecule has 4 N–H and O–H groups in total. The molecule has 1 aromatic carbocycles. The molecule has 0 saturated carbocycles. The monoisotopic (exact) mass is 447 g/mol. The third-order valence-electron chi connectivity index (χ3n) is 4.88. The van der Waals surface area contributed by atoms with Gasteiger partial charge in [-0.05, 0) is 25.2 Å². The molecule has 1 aliphatic rings. The number of Topliss-reactive ketones (excluding diaryl/α,β-unsaturated/α-hetero) is 1. The molecular weight excluding hydrogens is 422 g/mol. The minimum Gasteiger partial charge on any atom is -0.479 e. The Morgan fingerprint density at radius 1 is 1.23 bits per heavy atom. The van der Waals surface area contributed by atoms with Gasteiger partial charge in [-0.1, -0.05) is 13.8 Å². The number of nitrogens with two attached hydrogens (primary N) is 1. The van der Waals surface area contributed by atoms with Crippen LogP contribution >= 0.6 is 0 Å². The molecule has 172 valence electrons. The Labute approximate surface area is 176 Å². The van der Waals surface area contributed by atoms with Gasteiger partial charge in [0.05, 0.1) is 12.1 Å². The Morgan fingerprint density at radius 3 is 2.35 bits per heavy atom. The van der Waals surface area contributed by atoms with E-state index in [1.54, 1.807) is 0 Å². The SMILES string of the molecule is CC(C)C[C@H](N)C(=O)N[C@@H](C[C@@H]1CCNC1=O)C(=O)COc1c(F)c(F)cc(F)c1F. The van der Waals surface area contributed by atoms with Gasteiger partial charge in [-0.15, -0.1) is 0 Å². The highest BCUT2D eigenvalue weighted by Gasteiger charge is 2.33. The fraction of sp³-hybridized carbons (Fsp3) is 0.550. The van der Waals surface area contributed by atoms with Crippen LogP contribution in [-0.4, -0.2) is 42.8 Å². The summed E-state index contributed by atoms with van der Waals surface area (Å²) in [6, 6.07) is -2.15. The van der Waals surface area contributed by atoms with E-state index in [4.69, 9.17) is 10.5 Å². The highest BCUT2D eigenvalue weighted by molar-refractivity contribution is 5.92. The highest BCUT2D eigenvalue weighted by Crippen LogP contribution is 2.26. The van der Waals surface area contributed by atoms with Crippen molar-refractivity contribution in [2.75, 3.05) is 13.2 Å². The summed E-state index contributed by atoms with van der Waals surface area (Å²) in [5.74, 6) is -10.6. The van der Waals surface area contributed by atoms with Gasteiger partial charge in [0.2, 0.25) is 23.4 Å². The Morgan fingerprint density at radius 2 is 1.84 bits per heavy atom. The van der Waals surface area contributed by atoms with Crippen molar-refractivity contribution in [3.8, 4) is 5.75 Å². The molecule has 1 fully saturated rings. The van der Waals surface area contributed by atoms with Crippen LogP contribution in [0.2, 0.25) is 0 Å². The lowest BCUT2D eigenvalue weighted by molar-refractivity contribution is -0.131. The van der Waals surface area contributed by atoms with Crippen LogP contribution in [-0.2, 0) is 14.4 Å². The van der Waals surface area contributed by atoms with Gasteiger partial charge in [0, 0.05) is 18.5 Å². The van der Waals surface area contributed by atoms with Crippen molar-refractivity contribution in [3.05, 3.63) is 29.3 Å². The van der Waals surface area contributed by atoms with Crippen molar-refractivity contribution < 1.29 is 36.7 Å². The molecule has 2 rings (SSSR count). The molecule has 0 aliphatic carbocycles. The average Bonchev–Trinajstić information content (AvgIpc) is 3.09. The number of amides is 2. The van der Waals surface area contributed by atoms with Crippen LogP contribution in [0.1, 0.15) is 33.1 Å². The zero-order chi connectivity index (χ0) is 23.3. The van der Waals surface area contributed by atoms with E-state index in [1.165, 1.54) is 0 Å². The first kappa shape index (κ1) is 24.6. The Bertz CT molecular complexity index is 824. The summed E-state index contributed by atoms with van der Waals surface area (Å²) in [4.78, 5) is 36.9. The number of hydrogen-bond acceptors (Lipinski definition) is 5. The summed E-state index contributed by atoms with van der Waals surface area (Å²) in [5.41, 5.74) is 5.82. The maximum absolute atomic E-state index is 13.8. The van der Waals surface area contributed by atoms with Crippen molar-refractivity contribution in [3.63, 3.8) is 0 Å². The largest absolute Gasteiger partial charge is 0.479 e. The van der Waals surface area contributed by atoms with Crippen LogP contribution in [0.4, 0.5) is 17.6 Å². The third-order valence-corrected chi connectivity index (χ3v) is 4.88. The van der Waals surface area contributed by atoms with E-state index in [2.05, 4.69) is 10.6 Å². The van der Waals surface area contributed by atoms with E-state index in [1.807, 2.05) is 13.8 Å². The standard InChI is InChI=1S/C20H25F4N3O4/c1-9(2)5-13(25)20(30)27-14(6-10-3-4-26-19(10)29)15(28)8-31-18-16(23)11(21)7-12(22)17(18)24/h7,9-10,13-14H,3-6,8,25H2,1-2H3,(H,26,29)(H,27,30)/t10-,13-,14-/m0/s1. The third kappa shape index (κ3) is 6.39.